The van der Waals surface area contributed by atoms with Crippen molar-refractivity contribution in [2.45, 2.75) is 39.0 Å². The molecule has 8 heteroatoms. The summed E-state index contributed by atoms with van der Waals surface area (Å²) in [5, 5.41) is 0.639. The fraction of sp³-hybridized carbons (Fsp3) is 0.333. The number of ether oxygens (including phenoxy) is 2. The Balaban J connectivity index is 1.86. The zero-order valence-corrected chi connectivity index (χ0v) is 19.1. The molecule has 1 heterocycles. The van der Waals surface area contributed by atoms with Crippen LogP contribution < -0.4 is 0 Å². The second kappa shape index (κ2) is 9.83. The quantitative estimate of drug-likeness (QED) is 0.387. The minimum absolute atomic E-state index is 0.251. The van der Waals surface area contributed by atoms with Crippen LogP contribution >= 0.6 is 11.3 Å². The molecule has 0 spiro atoms. The van der Waals surface area contributed by atoms with Gasteiger partial charge < -0.3 is 9.47 Å². The van der Waals surface area contributed by atoms with Gasteiger partial charge in [0.15, 0.2) is 0 Å². The van der Waals surface area contributed by atoms with E-state index in [4.69, 9.17) is 9.47 Å². The lowest BCUT2D eigenvalue weighted by Crippen LogP contribution is -2.06. The topological polar surface area (TPSA) is 48.4 Å². The molecule has 3 rings (SSSR count). The molecule has 0 bridgehead atoms. The number of carbonyl (C=O) groups excluding carboxylic acids is 1. The van der Waals surface area contributed by atoms with Crippen LogP contribution in [0.2, 0.25) is 0 Å². The molecule has 170 valence electrons. The summed E-state index contributed by atoms with van der Waals surface area (Å²) in [5.74, 6) is -0.251. The van der Waals surface area contributed by atoms with Gasteiger partial charge in [-0.15, -0.1) is 11.3 Å². The first kappa shape index (κ1) is 23.9. The van der Waals surface area contributed by atoms with Gasteiger partial charge >= 0.3 is 12.1 Å². The van der Waals surface area contributed by atoms with Crippen LogP contribution in [0.15, 0.2) is 42.5 Å². The molecule has 1 atom stereocenters. The van der Waals surface area contributed by atoms with Crippen LogP contribution in [0.3, 0.4) is 0 Å². The molecular weight excluding hydrogens is 439 g/mol. The molecule has 0 fully saturated rings. The summed E-state index contributed by atoms with van der Waals surface area (Å²) >= 11 is 1.40. The number of esters is 1. The standard InChI is InChI=1S/C24H24F3NO3S/c1-14-13-18(6-5-16(14)9-12-20(29)30-3)21(31-4)22-15(2)28-23(32-22)17-7-10-19(11-8-17)24(25,26)27/h5-8,10-11,13,21H,9,12H2,1-4H3. The van der Waals surface area contributed by atoms with Crippen LogP contribution in [-0.4, -0.2) is 25.2 Å². The molecule has 0 aliphatic carbocycles. The van der Waals surface area contributed by atoms with Gasteiger partial charge in [-0.3, -0.25) is 4.79 Å². The Kier molecular flexibility index (Phi) is 7.36. The number of thiazole rings is 1. The Morgan fingerprint density at radius 3 is 2.34 bits per heavy atom. The van der Waals surface area contributed by atoms with Crippen molar-refractivity contribution in [3.8, 4) is 10.6 Å². The summed E-state index contributed by atoms with van der Waals surface area (Å²) in [5.41, 5.74) is 3.74. The van der Waals surface area contributed by atoms with Gasteiger partial charge in [-0.05, 0) is 49.1 Å². The van der Waals surface area contributed by atoms with Crippen molar-refractivity contribution in [1.29, 1.82) is 0 Å². The zero-order valence-electron chi connectivity index (χ0n) is 18.2. The monoisotopic (exact) mass is 463 g/mol. The Hall–Kier alpha value is -2.71. The van der Waals surface area contributed by atoms with Crippen molar-refractivity contribution in [2.75, 3.05) is 14.2 Å². The van der Waals surface area contributed by atoms with E-state index in [1.54, 1.807) is 7.11 Å². The normalized spacial score (nSPS) is 12.6. The Morgan fingerprint density at radius 1 is 1.09 bits per heavy atom. The largest absolute Gasteiger partial charge is 0.469 e. The highest BCUT2D eigenvalue weighted by atomic mass is 32.1. The Morgan fingerprint density at radius 2 is 1.78 bits per heavy atom. The van der Waals surface area contributed by atoms with E-state index in [0.717, 1.165) is 39.4 Å². The van der Waals surface area contributed by atoms with Crippen molar-refractivity contribution in [3.63, 3.8) is 0 Å². The average molecular weight is 464 g/mol. The molecule has 0 aliphatic heterocycles. The van der Waals surface area contributed by atoms with Gasteiger partial charge in [0.2, 0.25) is 0 Å². The molecule has 32 heavy (non-hydrogen) atoms. The van der Waals surface area contributed by atoms with Gasteiger partial charge in [0.25, 0.3) is 0 Å². The average Bonchev–Trinajstić information content (AvgIpc) is 3.14. The molecule has 2 aromatic carbocycles. The molecule has 0 saturated carbocycles. The fourth-order valence-electron chi connectivity index (χ4n) is 3.47. The maximum absolute atomic E-state index is 12.8. The molecule has 4 nitrogen and oxygen atoms in total. The lowest BCUT2D eigenvalue weighted by molar-refractivity contribution is -0.140. The number of aryl methyl sites for hydroxylation is 3. The summed E-state index contributed by atoms with van der Waals surface area (Å²) in [6, 6.07) is 11.0. The lowest BCUT2D eigenvalue weighted by atomic mass is 9.98. The summed E-state index contributed by atoms with van der Waals surface area (Å²) in [6.07, 6.45) is -3.82. The number of benzene rings is 2. The maximum Gasteiger partial charge on any atom is 0.416 e. The molecule has 3 aromatic rings. The molecule has 0 amide bonds. The molecular formula is C24H24F3NO3S. The minimum atomic E-state index is -4.37. The molecule has 0 radical (unpaired) electrons. The fourth-order valence-corrected chi connectivity index (χ4v) is 4.65. The van der Waals surface area contributed by atoms with Crippen molar-refractivity contribution < 1.29 is 27.4 Å². The predicted octanol–water partition coefficient (Wildman–Crippen LogP) is 6.29. The molecule has 0 aliphatic rings. The van der Waals surface area contributed by atoms with Gasteiger partial charge in [-0.1, -0.05) is 30.3 Å². The second-order valence-corrected chi connectivity index (χ2v) is 8.45. The maximum atomic E-state index is 12.8. The van der Waals surface area contributed by atoms with E-state index in [9.17, 15) is 18.0 Å². The van der Waals surface area contributed by atoms with Crippen LogP contribution in [0.4, 0.5) is 13.2 Å². The number of carbonyl (C=O) groups is 1. The highest BCUT2D eigenvalue weighted by molar-refractivity contribution is 7.15. The number of hydrogen-bond donors (Lipinski definition) is 0. The zero-order chi connectivity index (χ0) is 23.5. The van der Waals surface area contributed by atoms with Crippen LogP contribution in [0, 0.1) is 13.8 Å². The van der Waals surface area contributed by atoms with E-state index in [1.807, 2.05) is 32.0 Å². The third-order valence-electron chi connectivity index (χ3n) is 5.26. The third kappa shape index (κ3) is 5.37. The number of hydrogen-bond acceptors (Lipinski definition) is 5. The van der Waals surface area contributed by atoms with Crippen LogP contribution in [0.1, 0.15) is 45.3 Å². The van der Waals surface area contributed by atoms with E-state index in [2.05, 4.69) is 4.98 Å². The molecule has 0 N–H and O–H groups in total. The van der Waals surface area contributed by atoms with Gasteiger partial charge in [-0.25, -0.2) is 4.98 Å². The van der Waals surface area contributed by atoms with Crippen LogP contribution in [-0.2, 0) is 26.9 Å². The van der Waals surface area contributed by atoms with E-state index < -0.39 is 11.7 Å². The SMILES string of the molecule is COC(=O)CCc1ccc(C(OC)c2sc(-c3ccc(C(F)(F)F)cc3)nc2C)cc1C. The summed E-state index contributed by atoms with van der Waals surface area (Å²) in [4.78, 5) is 16.9. The minimum Gasteiger partial charge on any atom is -0.469 e. The summed E-state index contributed by atoms with van der Waals surface area (Å²) < 4.78 is 49.0. The third-order valence-corrected chi connectivity index (χ3v) is 6.51. The second-order valence-electron chi connectivity index (χ2n) is 7.42. The van der Waals surface area contributed by atoms with Crippen LogP contribution in [0.25, 0.3) is 10.6 Å². The smallest absolute Gasteiger partial charge is 0.416 e. The molecule has 1 aromatic heterocycles. The number of halogens is 3. The van der Waals surface area contributed by atoms with E-state index in [0.29, 0.717) is 23.4 Å². The van der Waals surface area contributed by atoms with Gasteiger partial charge in [0.05, 0.1) is 23.2 Å². The first-order valence-corrected chi connectivity index (χ1v) is 10.8. The first-order chi connectivity index (χ1) is 15.1. The van der Waals surface area contributed by atoms with Gasteiger partial charge in [-0.2, -0.15) is 13.2 Å². The summed E-state index contributed by atoms with van der Waals surface area (Å²) in [7, 11) is 2.99. The molecule has 0 saturated heterocycles. The first-order valence-electron chi connectivity index (χ1n) is 9.98. The van der Waals surface area contributed by atoms with E-state index >= 15 is 0 Å². The number of aromatic nitrogens is 1. The van der Waals surface area contributed by atoms with E-state index in [-0.39, 0.29) is 12.1 Å². The van der Waals surface area contributed by atoms with E-state index in [1.165, 1.54) is 30.6 Å². The predicted molar refractivity (Wildman–Crippen MR) is 118 cm³/mol. The highest BCUT2D eigenvalue weighted by Crippen LogP contribution is 2.38. The number of rotatable bonds is 7. The Bertz CT molecular complexity index is 1090. The molecule has 1 unspecified atom stereocenters. The van der Waals surface area contributed by atoms with Crippen molar-refractivity contribution in [1.82, 2.24) is 4.98 Å². The summed E-state index contributed by atoms with van der Waals surface area (Å²) in [6.45, 7) is 3.85. The lowest BCUT2D eigenvalue weighted by Gasteiger charge is -2.17. The van der Waals surface area contributed by atoms with Gasteiger partial charge in [0.1, 0.15) is 11.1 Å². The number of alkyl halides is 3. The van der Waals surface area contributed by atoms with Crippen molar-refractivity contribution in [3.05, 3.63) is 75.3 Å². The van der Waals surface area contributed by atoms with Crippen molar-refractivity contribution >= 4 is 17.3 Å². The number of methoxy groups -OCH3 is 2. The van der Waals surface area contributed by atoms with Gasteiger partial charge in [0, 0.05) is 19.1 Å². The van der Waals surface area contributed by atoms with Crippen LogP contribution in [0.5, 0.6) is 0 Å². The Labute approximate surface area is 189 Å². The number of nitrogens with zero attached hydrogens (tertiary/aromatic N) is 1. The van der Waals surface area contributed by atoms with Crippen molar-refractivity contribution in [2.24, 2.45) is 0 Å². The highest BCUT2D eigenvalue weighted by Gasteiger charge is 2.30.